The highest BCUT2D eigenvalue weighted by Gasteiger charge is 2.41. The zero-order valence-electron chi connectivity index (χ0n) is 22.2. The number of ether oxygens (including phenoxy) is 3. The Morgan fingerprint density at radius 1 is 0.976 bits per heavy atom. The molecule has 12 heteroatoms. The summed E-state index contributed by atoms with van der Waals surface area (Å²) in [6.45, 7) is 3.75. The third-order valence-corrected chi connectivity index (χ3v) is 7.00. The number of fused-ring (bicyclic) bond motifs is 1. The van der Waals surface area contributed by atoms with Crippen molar-refractivity contribution in [3.05, 3.63) is 101 Å². The lowest BCUT2D eigenvalue weighted by Gasteiger charge is -2.19. The van der Waals surface area contributed by atoms with Crippen molar-refractivity contribution in [2.75, 3.05) is 6.61 Å². The van der Waals surface area contributed by atoms with E-state index in [1.54, 1.807) is 58.4 Å². The molecule has 1 aliphatic heterocycles. The van der Waals surface area contributed by atoms with E-state index in [2.05, 4.69) is 19.9 Å². The average molecular weight is 573 g/mol. The Bertz CT molecular complexity index is 1700. The lowest BCUT2D eigenvalue weighted by atomic mass is 10.1. The molecule has 0 saturated carbocycles. The molecule has 3 atom stereocenters. The molecule has 1 fully saturated rings. The molecule has 0 radical (unpaired) electrons. The van der Waals surface area contributed by atoms with Crippen molar-refractivity contribution < 1.29 is 23.8 Å². The van der Waals surface area contributed by atoms with Crippen LogP contribution in [-0.2, 0) is 14.2 Å². The van der Waals surface area contributed by atoms with Gasteiger partial charge in [-0.2, -0.15) is 9.97 Å². The van der Waals surface area contributed by atoms with Gasteiger partial charge in [0, 0.05) is 18.8 Å². The first-order valence-electron chi connectivity index (χ1n) is 12.9. The monoisotopic (exact) mass is 572 g/mol. The highest BCUT2D eigenvalue weighted by molar-refractivity contribution is 6.28. The first-order chi connectivity index (χ1) is 19.9. The molecule has 0 spiro atoms. The van der Waals surface area contributed by atoms with Gasteiger partial charge in [-0.3, -0.25) is 9.13 Å². The number of benzene rings is 2. The fourth-order valence-electron chi connectivity index (χ4n) is 4.62. The molecule has 0 aliphatic carbocycles. The van der Waals surface area contributed by atoms with E-state index in [-0.39, 0.29) is 18.3 Å². The lowest BCUT2D eigenvalue weighted by Crippen LogP contribution is -2.32. The summed E-state index contributed by atoms with van der Waals surface area (Å²) in [7, 11) is 0. The van der Waals surface area contributed by atoms with Crippen LogP contribution in [0.5, 0.6) is 0 Å². The number of carbonyl (C=O) groups is 2. The van der Waals surface area contributed by atoms with Crippen LogP contribution in [0.25, 0.3) is 17.0 Å². The molecule has 0 unspecified atom stereocenters. The maximum absolute atomic E-state index is 13.0. The van der Waals surface area contributed by atoms with E-state index >= 15 is 0 Å². The molecule has 0 amide bonds. The Balaban J connectivity index is 1.27. The minimum absolute atomic E-state index is 0.0203. The Morgan fingerprint density at radius 2 is 1.66 bits per heavy atom. The molecule has 6 rings (SSSR count). The second-order valence-corrected chi connectivity index (χ2v) is 10.1. The van der Waals surface area contributed by atoms with E-state index in [9.17, 15) is 9.59 Å². The summed E-state index contributed by atoms with van der Waals surface area (Å²) in [6, 6.07) is 14.1. The molecule has 0 N–H and O–H groups in total. The maximum atomic E-state index is 13.0. The number of aromatic nitrogens is 6. The Morgan fingerprint density at radius 3 is 2.32 bits per heavy atom. The summed E-state index contributed by atoms with van der Waals surface area (Å²) >= 11 is 6.27. The number of rotatable bonds is 7. The summed E-state index contributed by atoms with van der Waals surface area (Å²) in [5.41, 5.74) is 3.79. The van der Waals surface area contributed by atoms with Gasteiger partial charge < -0.3 is 14.2 Å². The van der Waals surface area contributed by atoms with Gasteiger partial charge in [-0.1, -0.05) is 35.4 Å². The van der Waals surface area contributed by atoms with Gasteiger partial charge in [0.15, 0.2) is 17.0 Å². The second-order valence-electron chi connectivity index (χ2n) is 9.75. The van der Waals surface area contributed by atoms with Crippen molar-refractivity contribution in [3.63, 3.8) is 0 Å². The third kappa shape index (κ3) is 5.54. The Labute approximate surface area is 239 Å². The van der Waals surface area contributed by atoms with Crippen molar-refractivity contribution in [2.45, 2.75) is 38.7 Å². The van der Waals surface area contributed by atoms with Crippen molar-refractivity contribution in [2.24, 2.45) is 0 Å². The molecule has 41 heavy (non-hydrogen) atoms. The molecule has 3 aromatic heterocycles. The van der Waals surface area contributed by atoms with Crippen molar-refractivity contribution in [1.82, 2.24) is 29.1 Å². The predicted octanol–water partition coefficient (Wildman–Crippen LogP) is 4.65. The third-order valence-electron chi connectivity index (χ3n) is 6.83. The first-order valence-corrected chi connectivity index (χ1v) is 13.3. The van der Waals surface area contributed by atoms with Gasteiger partial charge in [0.1, 0.15) is 31.4 Å². The number of hydrogen-bond acceptors (Lipinski definition) is 9. The number of aryl methyl sites for hydroxylation is 2. The van der Waals surface area contributed by atoms with Crippen LogP contribution < -0.4 is 0 Å². The zero-order valence-corrected chi connectivity index (χ0v) is 22.9. The van der Waals surface area contributed by atoms with Crippen molar-refractivity contribution in [3.8, 4) is 5.82 Å². The number of carbonyl (C=O) groups excluding carboxylic acids is 2. The van der Waals surface area contributed by atoms with Crippen LogP contribution in [0.2, 0.25) is 5.28 Å². The molecule has 208 valence electrons. The SMILES string of the molecule is Cc1ccc(C(=O)OC[C@H]2O[C@@H](n3cnc4c(-n5ccnc5)nc(Cl)nc43)C[C@@H]2OC(=O)c2ccc(C)cc2)cc1. The molecule has 0 bridgehead atoms. The van der Waals surface area contributed by atoms with E-state index < -0.39 is 30.4 Å². The van der Waals surface area contributed by atoms with Gasteiger partial charge in [0.05, 0.1) is 17.5 Å². The van der Waals surface area contributed by atoms with Crippen LogP contribution in [0.1, 0.15) is 44.5 Å². The van der Waals surface area contributed by atoms with Crippen LogP contribution >= 0.6 is 11.6 Å². The standard InChI is InChI=1S/C29H25ClN6O5/c1-17-3-7-19(8-4-17)27(37)39-14-22-21(41-28(38)20-9-5-18(2)6-10-20)13-23(40-22)36-16-32-24-25(35-12-11-31-15-35)33-29(30)34-26(24)36/h3-12,15-16,21-23H,13-14H2,1-2H3/t21-,22+,23+/m0/s1. The van der Waals surface area contributed by atoms with Crippen LogP contribution in [-0.4, -0.2) is 59.8 Å². The highest BCUT2D eigenvalue weighted by atomic mass is 35.5. The minimum atomic E-state index is -0.744. The van der Waals surface area contributed by atoms with E-state index in [0.717, 1.165) is 11.1 Å². The number of nitrogens with zero attached hydrogens (tertiary/aromatic N) is 6. The van der Waals surface area contributed by atoms with Gasteiger partial charge in [0.2, 0.25) is 5.28 Å². The van der Waals surface area contributed by atoms with Crippen LogP contribution in [0.15, 0.2) is 73.6 Å². The quantitative estimate of drug-likeness (QED) is 0.202. The smallest absolute Gasteiger partial charge is 0.338 e. The van der Waals surface area contributed by atoms with Crippen LogP contribution in [0.3, 0.4) is 0 Å². The highest BCUT2D eigenvalue weighted by Crippen LogP contribution is 2.34. The maximum Gasteiger partial charge on any atom is 0.338 e. The molecule has 2 aromatic carbocycles. The van der Waals surface area contributed by atoms with E-state index in [4.69, 9.17) is 25.8 Å². The van der Waals surface area contributed by atoms with Gasteiger partial charge >= 0.3 is 11.9 Å². The molecular weight excluding hydrogens is 548 g/mol. The Kier molecular flexibility index (Phi) is 7.21. The van der Waals surface area contributed by atoms with E-state index in [0.29, 0.717) is 28.1 Å². The van der Waals surface area contributed by atoms with Crippen molar-refractivity contribution in [1.29, 1.82) is 0 Å². The summed E-state index contributed by atoms with van der Waals surface area (Å²) in [5, 5.41) is 0.0203. The minimum Gasteiger partial charge on any atom is -0.459 e. The topological polar surface area (TPSA) is 123 Å². The van der Waals surface area contributed by atoms with Gasteiger partial charge in [-0.25, -0.2) is 19.6 Å². The molecule has 4 heterocycles. The molecule has 1 saturated heterocycles. The molecule has 11 nitrogen and oxygen atoms in total. The number of esters is 2. The fourth-order valence-corrected chi connectivity index (χ4v) is 4.78. The first kappa shape index (κ1) is 26.6. The van der Waals surface area contributed by atoms with Gasteiger partial charge in [0.25, 0.3) is 0 Å². The predicted molar refractivity (Wildman–Crippen MR) is 148 cm³/mol. The Hall–Kier alpha value is -4.61. The second kappa shape index (κ2) is 11.1. The van der Waals surface area contributed by atoms with Crippen LogP contribution in [0, 0.1) is 13.8 Å². The van der Waals surface area contributed by atoms with Gasteiger partial charge in [-0.05, 0) is 49.7 Å². The number of hydrogen-bond donors (Lipinski definition) is 0. The zero-order chi connectivity index (χ0) is 28.5. The number of imidazole rings is 2. The summed E-state index contributed by atoms with van der Waals surface area (Å²) in [6.07, 6.45) is 4.66. The average Bonchev–Trinajstić information content (AvgIpc) is 3.72. The van der Waals surface area contributed by atoms with Crippen molar-refractivity contribution >= 4 is 34.7 Å². The molecule has 5 aromatic rings. The lowest BCUT2D eigenvalue weighted by molar-refractivity contribution is -0.0563. The normalized spacial score (nSPS) is 18.5. The largest absolute Gasteiger partial charge is 0.459 e. The van der Waals surface area contributed by atoms with Gasteiger partial charge in [-0.15, -0.1) is 0 Å². The molecule has 1 aliphatic rings. The summed E-state index contributed by atoms with van der Waals surface area (Å²) < 4.78 is 21.2. The fraction of sp³-hybridized carbons (Fsp3) is 0.241. The molecular formula is C29H25ClN6O5. The summed E-state index contributed by atoms with van der Waals surface area (Å²) in [5.74, 6) is -0.546. The number of halogens is 1. The van der Waals surface area contributed by atoms with Crippen LogP contribution in [0.4, 0.5) is 0 Å². The van der Waals surface area contributed by atoms with E-state index in [1.807, 2.05) is 38.1 Å². The summed E-state index contributed by atoms with van der Waals surface area (Å²) in [4.78, 5) is 43.0. The van der Waals surface area contributed by atoms with E-state index in [1.165, 1.54) is 0 Å².